The van der Waals surface area contributed by atoms with E-state index in [1.54, 1.807) is 37.2 Å². The van der Waals surface area contributed by atoms with Gasteiger partial charge in [-0.25, -0.2) is 19.3 Å². The zero-order chi connectivity index (χ0) is 37.3. The molecule has 2 amide bonds. The Balaban J connectivity index is 0.000000167. The van der Waals surface area contributed by atoms with Crippen molar-refractivity contribution in [1.29, 1.82) is 0 Å². The SMILES string of the molecule is Cc1cnc(-n2cc(C(=O)Nc3ccc([C@H]4CNCCO4)cc3)cn2)cn1.Cc1cncc(-n2cc(C(=O)Nc3ccc([C@H]4CNCCO4)cc3)cn2)n1. The Hall–Kier alpha value is -6.20. The largest absolute Gasteiger partial charge is 0.371 e. The zero-order valence-electron chi connectivity index (χ0n) is 29.8. The van der Waals surface area contributed by atoms with Gasteiger partial charge in [-0.3, -0.25) is 19.6 Å². The fraction of sp³-hybridized carbons (Fsp3) is 0.263. The van der Waals surface area contributed by atoms with Gasteiger partial charge < -0.3 is 30.7 Å². The number of benzene rings is 2. The van der Waals surface area contributed by atoms with E-state index in [2.05, 4.69) is 51.4 Å². The van der Waals surface area contributed by atoms with Crippen LogP contribution >= 0.6 is 0 Å². The van der Waals surface area contributed by atoms with Crippen molar-refractivity contribution < 1.29 is 19.1 Å². The summed E-state index contributed by atoms with van der Waals surface area (Å²) in [5.74, 6) is 0.666. The number of morpholine rings is 2. The molecule has 2 fully saturated rings. The molecule has 0 unspecified atom stereocenters. The second-order valence-corrected chi connectivity index (χ2v) is 12.7. The predicted octanol–water partition coefficient (Wildman–Crippen LogP) is 3.77. The van der Waals surface area contributed by atoms with Gasteiger partial charge in [-0.1, -0.05) is 24.3 Å². The summed E-state index contributed by atoms with van der Waals surface area (Å²) in [7, 11) is 0. The maximum Gasteiger partial charge on any atom is 0.258 e. The third-order valence-electron chi connectivity index (χ3n) is 8.60. The van der Waals surface area contributed by atoms with Gasteiger partial charge in [0.05, 0.1) is 78.9 Å². The molecule has 8 rings (SSSR count). The van der Waals surface area contributed by atoms with Crippen molar-refractivity contribution in [2.45, 2.75) is 26.1 Å². The van der Waals surface area contributed by atoms with Crippen molar-refractivity contribution in [1.82, 2.24) is 50.1 Å². The summed E-state index contributed by atoms with van der Waals surface area (Å²) < 4.78 is 14.5. The highest BCUT2D eigenvalue weighted by molar-refractivity contribution is 6.04. The minimum Gasteiger partial charge on any atom is -0.371 e. The lowest BCUT2D eigenvalue weighted by Gasteiger charge is -2.24. The molecule has 6 heterocycles. The Morgan fingerprint density at radius 3 is 1.65 bits per heavy atom. The van der Waals surface area contributed by atoms with E-state index in [9.17, 15) is 9.59 Å². The van der Waals surface area contributed by atoms with E-state index in [-0.39, 0.29) is 24.0 Å². The van der Waals surface area contributed by atoms with Crippen LogP contribution in [0.5, 0.6) is 0 Å². The molecule has 2 aliphatic heterocycles. The molecule has 0 aliphatic carbocycles. The predicted molar refractivity (Wildman–Crippen MR) is 200 cm³/mol. The molecule has 16 heteroatoms. The van der Waals surface area contributed by atoms with Crippen LogP contribution in [0.25, 0.3) is 11.6 Å². The summed E-state index contributed by atoms with van der Waals surface area (Å²) in [6.07, 6.45) is 12.9. The van der Waals surface area contributed by atoms with Gasteiger partial charge in [0, 0.05) is 56.1 Å². The van der Waals surface area contributed by atoms with E-state index in [1.807, 2.05) is 62.4 Å². The molecular formula is C38H40N12O4. The number of amides is 2. The van der Waals surface area contributed by atoms with E-state index in [1.165, 1.54) is 21.8 Å². The summed E-state index contributed by atoms with van der Waals surface area (Å²) in [6.45, 7) is 8.49. The standard InChI is InChI=1S/2C19H20N6O2/c1-13-8-22-18(11-21-13)25-12-15(9-23-25)19(26)24-16-4-2-14(3-5-16)17-10-20-6-7-27-17;1-13-8-21-11-18(23-13)25-12-15(9-22-25)19(26)24-16-4-2-14(3-5-16)17-10-20-6-7-27-17/h2*2-5,8-9,11-12,17,20H,6-7,10H2,1H3,(H,24,26)/t2*17-/m11/s1. The van der Waals surface area contributed by atoms with Crippen molar-refractivity contribution in [3.63, 3.8) is 0 Å². The fourth-order valence-electron chi connectivity index (χ4n) is 5.72. The highest BCUT2D eigenvalue weighted by atomic mass is 16.5. The zero-order valence-corrected chi connectivity index (χ0v) is 29.8. The number of ether oxygens (including phenoxy) is 2. The average molecular weight is 729 g/mol. The number of anilines is 2. The Morgan fingerprint density at radius 2 is 1.19 bits per heavy atom. The average Bonchev–Trinajstić information content (AvgIpc) is 3.92. The molecule has 2 aliphatic rings. The molecule has 16 nitrogen and oxygen atoms in total. The fourth-order valence-corrected chi connectivity index (χ4v) is 5.72. The lowest BCUT2D eigenvalue weighted by Crippen LogP contribution is -2.33. The Labute approximate surface area is 311 Å². The summed E-state index contributed by atoms with van der Waals surface area (Å²) in [6, 6.07) is 15.4. The van der Waals surface area contributed by atoms with Crippen LogP contribution in [-0.2, 0) is 9.47 Å². The number of rotatable bonds is 8. The van der Waals surface area contributed by atoms with Crippen LogP contribution in [0.2, 0.25) is 0 Å². The van der Waals surface area contributed by atoms with E-state index in [0.717, 1.165) is 60.1 Å². The quantitative estimate of drug-likeness (QED) is 0.178. The molecule has 2 atom stereocenters. The lowest BCUT2D eigenvalue weighted by atomic mass is 10.1. The number of hydrogen-bond donors (Lipinski definition) is 4. The highest BCUT2D eigenvalue weighted by Gasteiger charge is 2.18. The minimum atomic E-state index is -0.232. The van der Waals surface area contributed by atoms with Crippen LogP contribution in [0, 0.1) is 13.8 Å². The van der Waals surface area contributed by atoms with E-state index >= 15 is 0 Å². The number of hydrogen-bond acceptors (Lipinski definition) is 12. The topological polar surface area (TPSA) is 188 Å². The van der Waals surface area contributed by atoms with Crippen LogP contribution in [0.4, 0.5) is 11.4 Å². The first kappa shape index (κ1) is 36.2. The first-order valence-corrected chi connectivity index (χ1v) is 17.5. The minimum absolute atomic E-state index is 0.0529. The molecule has 4 aromatic heterocycles. The number of aromatic nitrogens is 8. The van der Waals surface area contributed by atoms with Crippen molar-refractivity contribution in [2.24, 2.45) is 0 Å². The smallest absolute Gasteiger partial charge is 0.258 e. The molecule has 54 heavy (non-hydrogen) atoms. The van der Waals surface area contributed by atoms with Gasteiger partial charge in [0.25, 0.3) is 11.8 Å². The van der Waals surface area contributed by atoms with E-state index in [4.69, 9.17) is 9.47 Å². The summed E-state index contributed by atoms with van der Waals surface area (Å²) >= 11 is 0. The van der Waals surface area contributed by atoms with E-state index in [0.29, 0.717) is 36.0 Å². The van der Waals surface area contributed by atoms with Gasteiger partial charge in [0.15, 0.2) is 11.6 Å². The molecule has 0 saturated carbocycles. The molecule has 2 aromatic carbocycles. The van der Waals surface area contributed by atoms with Crippen LogP contribution in [0.1, 0.15) is 55.4 Å². The summed E-state index contributed by atoms with van der Waals surface area (Å²) in [5.41, 5.74) is 6.11. The maximum atomic E-state index is 12.5. The van der Waals surface area contributed by atoms with Crippen molar-refractivity contribution in [3.8, 4) is 11.6 Å². The molecule has 0 spiro atoms. The molecule has 2 saturated heterocycles. The third-order valence-corrected chi connectivity index (χ3v) is 8.60. The normalized spacial score (nSPS) is 16.9. The van der Waals surface area contributed by atoms with Crippen LogP contribution in [0.15, 0.2) is 98.1 Å². The molecule has 4 N–H and O–H groups in total. The number of nitrogens with zero attached hydrogens (tertiary/aromatic N) is 8. The second kappa shape index (κ2) is 17.1. The van der Waals surface area contributed by atoms with Crippen molar-refractivity contribution in [2.75, 3.05) is 50.0 Å². The van der Waals surface area contributed by atoms with Crippen LogP contribution in [0.3, 0.4) is 0 Å². The van der Waals surface area contributed by atoms with Gasteiger partial charge in [0.2, 0.25) is 0 Å². The molecular weight excluding hydrogens is 688 g/mol. The van der Waals surface area contributed by atoms with Crippen molar-refractivity contribution >= 4 is 23.2 Å². The second-order valence-electron chi connectivity index (χ2n) is 12.7. The summed E-state index contributed by atoms with van der Waals surface area (Å²) in [4.78, 5) is 41.8. The summed E-state index contributed by atoms with van der Waals surface area (Å²) in [5, 5.41) is 20.8. The monoisotopic (exact) mass is 728 g/mol. The molecule has 0 bridgehead atoms. The Bertz CT molecular complexity index is 2160. The number of aryl methyl sites for hydroxylation is 2. The van der Waals surface area contributed by atoms with Gasteiger partial charge in [-0.2, -0.15) is 10.2 Å². The number of nitrogens with one attached hydrogen (secondary N) is 4. The maximum absolute atomic E-state index is 12.5. The first-order chi connectivity index (χ1) is 26.4. The van der Waals surface area contributed by atoms with Gasteiger partial charge in [-0.15, -0.1) is 0 Å². The Kier molecular flexibility index (Phi) is 11.4. The van der Waals surface area contributed by atoms with Crippen LogP contribution in [-0.4, -0.2) is 90.7 Å². The van der Waals surface area contributed by atoms with Crippen LogP contribution < -0.4 is 21.3 Å². The lowest BCUT2D eigenvalue weighted by molar-refractivity contribution is 0.0276. The number of carbonyl (C=O) groups excluding carboxylic acids is 2. The molecule has 0 radical (unpaired) electrons. The van der Waals surface area contributed by atoms with Crippen molar-refractivity contribution in [3.05, 3.63) is 132 Å². The van der Waals surface area contributed by atoms with Gasteiger partial charge in [0.1, 0.15) is 0 Å². The van der Waals surface area contributed by atoms with Gasteiger partial charge in [-0.05, 0) is 49.2 Å². The van der Waals surface area contributed by atoms with Gasteiger partial charge >= 0.3 is 0 Å². The molecule has 6 aromatic rings. The highest BCUT2D eigenvalue weighted by Crippen LogP contribution is 2.22. The van der Waals surface area contributed by atoms with E-state index < -0.39 is 0 Å². The molecule has 276 valence electrons. The number of carbonyl (C=O) groups is 2. The Morgan fingerprint density at radius 1 is 0.648 bits per heavy atom. The third kappa shape index (κ3) is 9.23. The first-order valence-electron chi connectivity index (χ1n) is 17.5.